The van der Waals surface area contributed by atoms with Gasteiger partial charge in [-0.05, 0) is 118 Å². The Morgan fingerprint density at radius 1 is 0.525 bits per heavy atom. The highest BCUT2D eigenvalue weighted by Crippen LogP contribution is 2.27. The molecule has 0 aliphatic heterocycles. The van der Waals surface area contributed by atoms with Gasteiger partial charge < -0.3 is 40.3 Å². The number of nitrogens with one attached hydrogen (secondary N) is 1. The third-order valence-corrected chi connectivity index (χ3v) is 10.9. The lowest BCUT2D eigenvalue weighted by molar-refractivity contribution is 0.106. The Balaban J connectivity index is 1.12. The predicted octanol–water partition coefficient (Wildman–Crippen LogP) is 8.95. The third kappa shape index (κ3) is 19.9. The largest absolute Gasteiger partial charge is 0.508 e. The van der Waals surface area contributed by atoms with E-state index in [1.165, 1.54) is 17.2 Å². The van der Waals surface area contributed by atoms with E-state index in [9.17, 15) is 25.5 Å². The summed E-state index contributed by atoms with van der Waals surface area (Å²) in [5, 5.41) is 56.2. The molecule has 0 aliphatic carbocycles. The highest BCUT2D eigenvalue weighted by atomic mass is 16.5. The fourth-order valence-corrected chi connectivity index (χ4v) is 7.30. The summed E-state index contributed by atoms with van der Waals surface area (Å²) in [6.45, 7) is 5.56. The molecule has 0 aliphatic rings. The normalized spacial score (nSPS) is 12.6. The SMILES string of the molecule is OCc1cc([C@@H](O)CN(CCCCCCOCCCCc2ccccc2)Cc2ccc([C@H](O)CNCCCCCCOCCCCc3ccccc3)cc2O)ccc1O. The number of aromatic hydroxyl groups is 2. The number of hydrogen-bond donors (Lipinski definition) is 6. The highest BCUT2D eigenvalue weighted by molar-refractivity contribution is 5.38. The van der Waals surface area contributed by atoms with Crippen LogP contribution in [0.3, 0.4) is 0 Å². The quantitative estimate of drug-likeness (QED) is 0.0261. The van der Waals surface area contributed by atoms with Crippen LogP contribution in [0.25, 0.3) is 0 Å². The van der Waals surface area contributed by atoms with Crippen molar-refractivity contribution < 1.29 is 35.0 Å². The Kier molecular flexibility index (Phi) is 23.9. The van der Waals surface area contributed by atoms with Crippen molar-refractivity contribution in [3.05, 3.63) is 130 Å². The molecule has 0 fully saturated rings. The number of unbranched alkanes of at least 4 members (excludes halogenated alkanes) is 8. The number of phenolic OH excluding ortho intramolecular Hbond substituents is 1. The maximum atomic E-state index is 11.2. The van der Waals surface area contributed by atoms with Gasteiger partial charge in [-0.2, -0.15) is 0 Å². The summed E-state index contributed by atoms with van der Waals surface area (Å²) in [7, 11) is 0. The minimum Gasteiger partial charge on any atom is -0.508 e. The lowest BCUT2D eigenvalue weighted by atomic mass is 10.0. The first-order valence-corrected chi connectivity index (χ1v) is 22.2. The maximum absolute atomic E-state index is 11.2. The molecule has 0 aromatic heterocycles. The molecule has 4 aromatic rings. The third-order valence-electron chi connectivity index (χ3n) is 10.9. The van der Waals surface area contributed by atoms with Gasteiger partial charge in [0.15, 0.2) is 0 Å². The zero-order valence-corrected chi connectivity index (χ0v) is 35.4. The number of phenols is 2. The van der Waals surface area contributed by atoms with Crippen LogP contribution in [0.1, 0.15) is 123 Å². The molecule has 4 rings (SSSR count). The van der Waals surface area contributed by atoms with Gasteiger partial charge in [-0.25, -0.2) is 0 Å². The van der Waals surface area contributed by atoms with Crippen molar-refractivity contribution >= 4 is 0 Å². The highest BCUT2D eigenvalue weighted by Gasteiger charge is 2.18. The molecule has 59 heavy (non-hydrogen) atoms. The molecular formula is C50H72N2O7. The second-order valence-corrected chi connectivity index (χ2v) is 15.8. The molecule has 0 heterocycles. The van der Waals surface area contributed by atoms with Gasteiger partial charge in [0.1, 0.15) is 11.5 Å². The number of benzene rings is 4. The van der Waals surface area contributed by atoms with Gasteiger partial charge in [0.25, 0.3) is 0 Å². The van der Waals surface area contributed by atoms with Crippen LogP contribution in [-0.2, 0) is 35.5 Å². The summed E-state index contributed by atoms with van der Waals surface area (Å²) < 4.78 is 11.7. The van der Waals surface area contributed by atoms with Crippen LogP contribution in [-0.4, -0.2) is 83.0 Å². The van der Waals surface area contributed by atoms with Crippen LogP contribution in [0, 0.1) is 0 Å². The van der Waals surface area contributed by atoms with E-state index in [-0.39, 0.29) is 18.1 Å². The average molecular weight is 813 g/mol. The van der Waals surface area contributed by atoms with Gasteiger partial charge in [0.2, 0.25) is 0 Å². The van der Waals surface area contributed by atoms with E-state index in [2.05, 4.69) is 64.8 Å². The van der Waals surface area contributed by atoms with E-state index < -0.39 is 12.2 Å². The van der Waals surface area contributed by atoms with Crippen LogP contribution in [0.15, 0.2) is 97.1 Å². The first-order valence-electron chi connectivity index (χ1n) is 22.2. The van der Waals surface area contributed by atoms with Gasteiger partial charge >= 0.3 is 0 Å². The molecule has 0 saturated heterocycles. The van der Waals surface area contributed by atoms with E-state index in [0.29, 0.717) is 36.3 Å². The zero-order chi connectivity index (χ0) is 41.8. The van der Waals surface area contributed by atoms with Gasteiger partial charge in [-0.3, -0.25) is 4.90 Å². The summed E-state index contributed by atoms with van der Waals surface area (Å²) in [5.41, 5.74) is 5.12. The summed E-state index contributed by atoms with van der Waals surface area (Å²) in [4.78, 5) is 2.13. The lowest BCUT2D eigenvalue weighted by Crippen LogP contribution is -2.29. The van der Waals surface area contributed by atoms with Crippen molar-refractivity contribution in [2.75, 3.05) is 52.6 Å². The zero-order valence-electron chi connectivity index (χ0n) is 35.4. The van der Waals surface area contributed by atoms with E-state index in [4.69, 9.17) is 9.47 Å². The Morgan fingerprint density at radius 3 is 1.66 bits per heavy atom. The fourth-order valence-electron chi connectivity index (χ4n) is 7.30. The predicted molar refractivity (Wildman–Crippen MR) is 238 cm³/mol. The Bertz CT molecular complexity index is 1660. The van der Waals surface area contributed by atoms with Crippen LogP contribution >= 0.6 is 0 Å². The molecule has 0 radical (unpaired) electrons. The molecule has 0 saturated carbocycles. The van der Waals surface area contributed by atoms with Crippen LogP contribution in [0.4, 0.5) is 0 Å². The molecule has 9 nitrogen and oxygen atoms in total. The van der Waals surface area contributed by atoms with Crippen LogP contribution in [0.5, 0.6) is 11.5 Å². The maximum Gasteiger partial charge on any atom is 0.121 e. The summed E-state index contributed by atoms with van der Waals surface area (Å²) in [6.07, 6.45) is 13.4. The van der Waals surface area contributed by atoms with Crippen LogP contribution < -0.4 is 5.32 Å². The molecule has 2 atom stereocenters. The Morgan fingerprint density at radius 2 is 1.07 bits per heavy atom. The monoisotopic (exact) mass is 813 g/mol. The smallest absolute Gasteiger partial charge is 0.121 e. The number of aliphatic hydroxyl groups is 3. The fraction of sp³-hybridized carbons (Fsp3) is 0.520. The standard InChI is InChI=1S/C50H72N2O7/c53-40-46-35-43(27-28-47(46)54)50(57)39-52(30-14-2-4-16-32-59-34-18-12-24-42-21-9-6-10-22-42)38-45-26-25-44(36-48(45)55)49(56)37-51-29-13-1-3-15-31-58-33-17-11-23-41-19-7-5-8-20-41/h5-10,19-22,25-28,35-36,49-51,53-57H,1-4,11-18,23-24,29-34,37-40H2/t49-,50+/m1/s1. The molecule has 4 aromatic carbocycles. The summed E-state index contributed by atoms with van der Waals surface area (Å²) in [5.74, 6) is 0.115. The number of aliphatic hydroxyl groups excluding tert-OH is 3. The minimum absolute atomic E-state index is 0.00321. The molecular weight excluding hydrogens is 741 g/mol. The molecule has 6 N–H and O–H groups in total. The first-order chi connectivity index (χ1) is 28.9. The van der Waals surface area contributed by atoms with E-state index in [0.717, 1.165) is 135 Å². The van der Waals surface area contributed by atoms with Crippen molar-refractivity contribution in [3.8, 4) is 11.5 Å². The van der Waals surface area contributed by atoms with Gasteiger partial charge in [0.05, 0.1) is 18.8 Å². The minimum atomic E-state index is -0.848. The molecule has 0 unspecified atom stereocenters. The average Bonchev–Trinajstić information content (AvgIpc) is 3.25. The Labute approximate surface area is 354 Å². The molecule has 0 amide bonds. The molecule has 324 valence electrons. The van der Waals surface area contributed by atoms with Crippen molar-refractivity contribution in [2.45, 2.75) is 115 Å². The summed E-state index contributed by atoms with van der Waals surface area (Å²) in [6, 6.07) is 31.3. The van der Waals surface area contributed by atoms with E-state index in [1.807, 2.05) is 18.2 Å². The van der Waals surface area contributed by atoms with Crippen molar-refractivity contribution in [2.24, 2.45) is 0 Å². The second-order valence-electron chi connectivity index (χ2n) is 15.8. The summed E-state index contributed by atoms with van der Waals surface area (Å²) >= 11 is 0. The number of nitrogens with zero attached hydrogens (tertiary/aromatic N) is 1. The molecule has 9 heteroatoms. The van der Waals surface area contributed by atoms with Crippen molar-refractivity contribution in [3.63, 3.8) is 0 Å². The number of hydrogen-bond acceptors (Lipinski definition) is 9. The van der Waals surface area contributed by atoms with Crippen LogP contribution in [0.2, 0.25) is 0 Å². The lowest BCUT2D eigenvalue weighted by Gasteiger charge is -2.26. The number of aryl methyl sites for hydroxylation is 2. The van der Waals surface area contributed by atoms with Crippen molar-refractivity contribution in [1.29, 1.82) is 0 Å². The Hall–Kier alpha value is -3.80. The van der Waals surface area contributed by atoms with E-state index >= 15 is 0 Å². The van der Waals surface area contributed by atoms with Gasteiger partial charge in [-0.15, -0.1) is 0 Å². The first kappa shape index (κ1) is 47.9. The second kappa shape index (κ2) is 29.4. The number of ether oxygens (including phenoxy) is 2. The van der Waals surface area contributed by atoms with Gasteiger partial charge in [-0.1, -0.05) is 105 Å². The number of rotatable bonds is 33. The van der Waals surface area contributed by atoms with E-state index in [1.54, 1.807) is 18.2 Å². The van der Waals surface area contributed by atoms with Crippen molar-refractivity contribution in [1.82, 2.24) is 10.2 Å². The molecule has 0 bridgehead atoms. The topological polar surface area (TPSA) is 135 Å². The van der Waals surface area contributed by atoms with Gasteiger partial charge in [0, 0.05) is 57.2 Å². The molecule has 0 spiro atoms.